The van der Waals surface area contributed by atoms with E-state index in [1.807, 2.05) is 38.1 Å². The van der Waals surface area contributed by atoms with E-state index in [0.29, 0.717) is 5.70 Å². The molecule has 0 atom stereocenters. The number of benzene rings is 1. The number of hydrogen-bond acceptors (Lipinski definition) is 4. The summed E-state index contributed by atoms with van der Waals surface area (Å²) in [6.07, 6.45) is 3.47. The maximum atomic E-state index is 8.93. The molecule has 1 rings (SSSR count). The zero-order chi connectivity index (χ0) is 15.1. The molecule has 102 valence electrons. The SMILES string of the molecule is Cc1ccc(C)c(NC=CC(=C(C#N)C#N)N(C)C)c1. The average molecular weight is 266 g/mol. The highest BCUT2D eigenvalue weighted by Crippen LogP contribution is 2.16. The topological polar surface area (TPSA) is 62.9 Å². The molecule has 0 saturated carbocycles. The predicted molar refractivity (Wildman–Crippen MR) is 80.6 cm³/mol. The van der Waals surface area contributed by atoms with Crippen molar-refractivity contribution >= 4 is 5.69 Å². The van der Waals surface area contributed by atoms with Gasteiger partial charge >= 0.3 is 0 Å². The Morgan fingerprint density at radius 1 is 1.20 bits per heavy atom. The van der Waals surface area contributed by atoms with Crippen molar-refractivity contribution in [3.05, 3.63) is 52.9 Å². The van der Waals surface area contributed by atoms with Gasteiger partial charge in [-0.1, -0.05) is 12.1 Å². The Hall–Kier alpha value is -2.72. The van der Waals surface area contributed by atoms with Gasteiger partial charge in [0.25, 0.3) is 0 Å². The van der Waals surface area contributed by atoms with Crippen LogP contribution in [0.1, 0.15) is 11.1 Å². The predicted octanol–water partition coefficient (Wildman–Crippen LogP) is 3.09. The van der Waals surface area contributed by atoms with Crippen molar-refractivity contribution in [2.75, 3.05) is 19.4 Å². The van der Waals surface area contributed by atoms with Gasteiger partial charge < -0.3 is 10.2 Å². The second-order valence-corrected chi connectivity index (χ2v) is 4.67. The molecule has 0 fully saturated rings. The summed E-state index contributed by atoms with van der Waals surface area (Å²) < 4.78 is 0. The quantitative estimate of drug-likeness (QED) is 0.672. The fourth-order valence-electron chi connectivity index (χ4n) is 1.70. The maximum Gasteiger partial charge on any atom is 0.152 e. The second-order valence-electron chi connectivity index (χ2n) is 4.67. The molecule has 0 aliphatic carbocycles. The summed E-state index contributed by atoms with van der Waals surface area (Å²) in [6.45, 7) is 4.05. The van der Waals surface area contributed by atoms with Gasteiger partial charge in [-0.3, -0.25) is 0 Å². The van der Waals surface area contributed by atoms with Crippen molar-refractivity contribution in [1.82, 2.24) is 4.90 Å². The van der Waals surface area contributed by atoms with E-state index in [2.05, 4.69) is 11.4 Å². The first-order valence-electron chi connectivity index (χ1n) is 6.21. The number of nitrogens with one attached hydrogen (secondary N) is 1. The Bertz CT molecular complexity index is 609. The van der Waals surface area contributed by atoms with Crippen LogP contribution >= 0.6 is 0 Å². The maximum absolute atomic E-state index is 8.93. The largest absolute Gasteiger partial charge is 0.376 e. The van der Waals surface area contributed by atoms with Crippen molar-refractivity contribution in [3.63, 3.8) is 0 Å². The minimum atomic E-state index is 0.0917. The van der Waals surface area contributed by atoms with Crippen LogP contribution in [0.3, 0.4) is 0 Å². The summed E-state index contributed by atoms with van der Waals surface area (Å²) in [5.41, 5.74) is 3.98. The fraction of sp³-hybridized carbons (Fsp3) is 0.250. The number of rotatable bonds is 4. The van der Waals surface area contributed by atoms with Gasteiger partial charge in [-0.25, -0.2) is 0 Å². The molecule has 4 heteroatoms. The first kappa shape index (κ1) is 15.3. The summed E-state index contributed by atoms with van der Waals surface area (Å²) in [5, 5.41) is 21.0. The highest BCUT2D eigenvalue weighted by atomic mass is 15.1. The molecule has 0 unspecified atom stereocenters. The fourth-order valence-corrected chi connectivity index (χ4v) is 1.70. The van der Waals surface area contributed by atoms with E-state index in [1.54, 1.807) is 31.3 Å². The van der Waals surface area contributed by atoms with Gasteiger partial charge in [-0.15, -0.1) is 0 Å². The average Bonchev–Trinajstić information content (AvgIpc) is 2.41. The van der Waals surface area contributed by atoms with E-state index >= 15 is 0 Å². The third-order valence-corrected chi connectivity index (χ3v) is 2.83. The van der Waals surface area contributed by atoms with E-state index in [4.69, 9.17) is 10.5 Å². The van der Waals surface area contributed by atoms with Gasteiger partial charge in [-0.05, 0) is 37.1 Å². The number of nitrogens with zero attached hydrogens (tertiary/aromatic N) is 3. The van der Waals surface area contributed by atoms with Crippen LogP contribution in [0.25, 0.3) is 0 Å². The molecule has 0 bridgehead atoms. The van der Waals surface area contributed by atoms with Gasteiger partial charge in [0.15, 0.2) is 5.57 Å². The van der Waals surface area contributed by atoms with Crippen LogP contribution in [0.4, 0.5) is 5.69 Å². The van der Waals surface area contributed by atoms with Crippen LogP contribution in [0.5, 0.6) is 0 Å². The molecule has 0 spiro atoms. The smallest absolute Gasteiger partial charge is 0.152 e. The van der Waals surface area contributed by atoms with E-state index in [9.17, 15) is 0 Å². The molecule has 0 amide bonds. The molecule has 0 radical (unpaired) electrons. The molecule has 0 aliphatic heterocycles. The van der Waals surface area contributed by atoms with Crippen molar-refractivity contribution in [2.45, 2.75) is 13.8 Å². The molecule has 1 N–H and O–H groups in total. The minimum absolute atomic E-state index is 0.0917. The van der Waals surface area contributed by atoms with Crippen molar-refractivity contribution < 1.29 is 0 Å². The molecule has 1 aromatic rings. The number of allylic oxidation sites excluding steroid dienone is 2. The van der Waals surface area contributed by atoms with Crippen LogP contribution in [0.2, 0.25) is 0 Å². The summed E-state index contributed by atoms with van der Waals surface area (Å²) in [4.78, 5) is 1.74. The van der Waals surface area contributed by atoms with Gasteiger partial charge in [0.1, 0.15) is 12.1 Å². The van der Waals surface area contributed by atoms with Gasteiger partial charge in [0.05, 0.1) is 5.70 Å². The Balaban J connectivity index is 2.98. The lowest BCUT2D eigenvalue weighted by Crippen LogP contribution is -2.11. The first-order valence-corrected chi connectivity index (χ1v) is 6.21. The van der Waals surface area contributed by atoms with Crippen molar-refractivity contribution in [1.29, 1.82) is 10.5 Å². The molecule has 0 aliphatic rings. The Morgan fingerprint density at radius 3 is 2.40 bits per heavy atom. The van der Waals surface area contributed by atoms with Crippen LogP contribution < -0.4 is 5.32 Å². The molecule has 0 saturated heterocycles. The van der Waals surface area contributed by atoms with Gasteiger partial charge in [0, 0.05) is 26.0 Å². The van der Waals surface area contributed by atoms with E-state index in [-0.39, 0.29) is 5.57 Å². The van der Waals surface area contributed by atoms with Crippen LogP contribution in [0, 0.1) is 36.5 Å². The van der Waals surface area contributed by atoms with Crippen molar-refractivity contribution in [2.24, 2.45) is 0 Å². The summed E-state index contributed by atoms with van der Waals surface area (Å²) in [6, 6.07) is 9.95. The molecular weight excluding hydrogens is 248 g/mol. The zero-order valence-electron chi connectivity index (χ0n) is 12.2. The molecule has 1 aromatic carbocycles. The molecular formula is C16H18N4. The number of aryl methyl sites for hydroxylation is 2. The summed E-state index contributed by atoms with van der Waals surface area (Å²) in [5.74, 6) is 0. The highest BCUT2D eigenvalue weighted by Gasteiger charge is 2.04. The normalized spacial score (nSPS) is 9.70. The zero-order valence-corrected chi connectivity index (χ0v) is 12.2. The van der Waals surface area contributed by atoms with Crippen molar-refractivity contribution in [3.8, 4) is 12.1 Å². The van der Waals surface area contributed by atoms with E-state index < -0.39 is 0 Å². The van der Waals surface area contributed by atoms with Crippen LogP contribution in [-0.2, 0) is 0 Å². The third-order valence-electron chi connectivity index (χ3n) is 2.83. The highest BCUT2D eigenvalue weighted by molar-refractivity contribution is 5.55. The van der Waals surface area contributed by atoms with E-state index in [1.165, 1.54) is 5.56 Å². The summed E-state index contributed by atoms with van der Waals surface area (Å²) >= 11 is 0. The molecule has 4 nitrogen and oxygen atoms in total. The number of anilines is 1. The minimum Gasteiger partial charge on any atom is -0.376 e. The Morgan fingerprint density at radius 2 is 1.85 bits per heavy atom. The first-order chi connectivity index (χ1) is 9.49. The van der Waals surface area contributed by atoms with Gasteiger partial charge in [-0.2, -0.15) is 10.5 Å². The van der Waals surface area contributed by atoms with Crippen LogP contribution in [0.15, 0.2) is 41.7 Å². The van der Waals surface area contributed by atoms with Crippen LogP contribution in [-0.4, -0.2) is 19.0 Å². The third kappa shape index (κ3) is 3.90. The standard InChI is InChI=1S/C16H18N4/c1-12-5-6-13(2)15(9-12)19-8-7-16(20(3)4)14(10-17)11-18/h5-9,19H,1-4H3. The van der Waals surface area contributed by atoms with Gasteiger partial charge in [0.2, 0.25) is 0 Å². The van der Waals surface area contributed by atoms with E-state index in [0.717, 1.165) is 11.3 Å². The number of nitriles is 2. The number of hydrogen-bond donors (Lipinski definition) is 1. The second kappa shape index (κ2) is 7.01. The summed E-state index contributed by atoms with van der Waals surface area (Å²) in [7, 11) is 3.60. The lowest BCUT2D eigenvalue weighted by atomic mass is 10.1. The lowest BCUT2D eigenvalue weighted by Gasteiger charge is -2.13. The molecule has 20 heavy (non-hydrogen) atoms. The lowest BCUT2D eigenvalue weighted by molar-refractivity contribution is 0.527. The molecule has 0 heterocycles. The number of likely N-dealkylation sites (N-methyl/N-ethyl adjacent to an activating group) is 1. The Labute approximate surface area is 120 Å². The molecule has 0 aromatic heterocycles. The Kier molecular flexibility index (Phi) is 5.38. The monoisotopic (exact) mass is 266 g/mol.